The lowest BCUT2D eigenvalue weighted by atomic mass is 10.1. The minimum absolute atomic E-state index is 0.407. The van der Waals surface area contributed by atoms with Gasteiger partial charge < -0.3 is 10.6 Å². The molecular formula is C10H22N2S. The van der Waals surface area contributed by atoms with Gasteiger partial charge in [-0.1, -0.05) is 13.8 Å². The molecule has 1 aliphatic heterocycles. The second-order valence-electron chi connectivity index (χ2n) is 3.94. The van der Waals surface area contributed by atoms with Crippen LogP contribution in [-0.2, 0) is 0 Å². The van der Waals surface area contributed by atoms with E-state index in [9.17, 15) is 0 Å². The standard InChI is InChI=1S/C10H22N2S/c1-3-10(11)4-5-12-6-7-13-9(2)8-12/h9-10H,3-8,11H2,1-2H3. The molecule has 0 saturated carbocycles. The van der Waals surface area contributed by atoms with Crippen LogP contribution in [0.1, 0.15) is 26.7 Å². The van der Waals surface area contributed by atoms with E-state index in [1.807, 2.05) is 0 Å². The molecule has 0 bridgehead atoms. The fourth-order valence-electron chi connectivity index (χ4n) is 1.65. The third kappa shape index (κ3) is 4.34. The summed E-state index contributed by atoms with van der Waals surface area (Å²) in [6.45, 7) is 8.18. The molecule has 1 saturated heterocycles. The Kier molecular flexibility index (Phi) is 5.14. The van der Waals surface area contributed by atoms with Gasteiger partial charge in [-0.3, -0.25) is 0 Å². The highest BCUT2D eigenvalue weighted by Gasteiger charge is 2.16. The molecule has 0 radical (unpaired) electrons. The summed E-state index contributed by atoms with van der Waals surface area (Å²) in [5.41, 5.74) is 5.89. The third-order valence-electron chi connectivity index (χ3n) is 2.67. The average Bonchev–Trinajstić information content (AvgIpc) is 2.14. The third-order valence-corrected chi connectivity index (χ3v) is 3.80. The first-order valence-electron chi connectivity index (χ1n) is 5.32. The van der Waals surface area contributed by atoms with Gasteiger partial charge in [0.15, 0.2) is 0 Å². The van der Waals surface area contributed by atoms with Crippen molar-refractivity contribution >= 4 is 11.8 Å². The van der Waals surface area contributed by atoms with Gasteiger partial charge in [-0.2, -0.15) is 11.8 Å². The van der Waals surface area contributed by atoms with Crippen molar-refractivity contribution in [3.63, 3.8) is 0 Å². The smallest absolute Gasteiger partial charge is 0.0147 e. The molecule has 0 spiro atoms. The molecule has 2 atom stereocenters. The molecule has 1 rings (SSSR count). The molecule has 0 amide bonds. The van der Waals surface area contributed by atoms with E-state index in [2.05, 4.69) is 30.5 Å². The first kappa shape index (κ1) is 11.3. The van der Waals surface area contributed by atoms with Crippen molar-refractivity contribution < 1.29 is 0 Å². The van der Waals surface area contributed by atoms with Crippen molar-refractivity contribution in [3.05, 3.63) is 0 Å². The Morgan fingerprint density at radius 2 is 2.38 bits per heavy atom. The summed E-state index contributed by atoms with van der Waals surface area (Å²) in [6.07, 6.45) is 2.27. The van der Waals surface area contributed by atoms with E-state index in [1.165, 1.54) is 25.4 Å². The Morgan fingerprint density at radius 1 is 1.62 bits per heavy atom. The van der Waals surface area contributed by atoms with Crippen LogP contribution in [0.5, 0.6) is 0 Å². The Morgan fingerprint density at radius 3 is 3.00 bits per heavy atom. The first-order chi connectivity index (χ1) is 6.22. The predicted octanol–water partition coefficient (Wildman–Crippen LogP) is 1.55. The second-order valence-corrected chi connectivity index (χ2v) is 5.49. The highest BCUT2D eigenvalue weighted by Crippen LogP contribution is 2.17. The van der Waals surface area contributed by atoms with Crippen molar-refractivity contribution in [1.82, 2.24) is 4.90 Å². The molecule has 1 heterocycles. The molecule has 1 aliphatic rings. The number of nitrogens with zero attached hydrogens (tertiary/aromatic N) is 1. The van der Waals surface area contributed by atoms with Crippen LogP contribution in [0.15, 0.2) is 0 Å². The summed E-state index contributed by atoms with van der Waals surface area (Å²) < 4.78 is 0. The van der Waals surface area contributed by atoms with Crippen molar-refractivity contribution in [3.8, 4) is 0 Å². The molecule has 78 valence electrons. The van der Waals surface area contributed by atoms with Crippen LogP contribution in [0, 0.1) is 0 Å². The van der Waals surface area contributed by atoms with Crippen molar-refractivity contribution in [2.24, 2.45) is 5.73 Å². The minimum atomic E-state index is 0.407. The maximum absolute atomic E-state index is 5.89. The zero-order valence-electron chi connectivity index (χ0n) is 8.83. The molecular weight excluding hydrogens is 180 g/mol. The predicted molar refractivity (Wildman–Crippen MR) is 61.2 cm³/mol. The Balaban J connectivity index is 2.13. The van der Waals surface area contributed by atoms with Gasteiger partial charge >= 0.3 is 0 Å². The van der Waals surface area contributed by atoms with E-state index in [1.54, 1.807) is 0 Å². The Hall–Kier alpha value is 0.270. The van der Waals surface area contributed by atoms with Gasteiger partial charge in [-0.25, -0.2) is 0 Å². The van der Waals surface area contributed by atoms with Crippen LogP contribution < -0.4 is 5.73 Å². The zero-order valence-corrected chi connectivity index (χ0v) is 9.65. The fraction of sp³-hybridized carbons (Fsp3) is 1.00. The van der Waals surface area contributed by atoms with Crippen LogP contribution >= 0.6 is 11.8 Å². The molecule has 2 nitrogen and oxygen atoms in total. The van der Waals surface area contributed by atoms with E-state index in [4.69, 9.17) is 5.73 Å². The molecule has 13 heavy (non-hydrogen) atoms. The molecule has 0 aromatic heterocycles. The largest absolute Gasteiger partial charge is 0.328 e. The van der Waals surface area contributed by atoms with Crippen LogP contribution in [0.2, 0.25) is 0 Å². The lowest BCUT2D eigenvalue weighted by molar-refractivity contribution is 0.273. The van der Waals surface area contributed by atoms with Gasteiger partial charge in [-0.15, -0.1) is 0 Å². The average molecular weight is 202 g/mol. The number of hydrogen-bond donors (Lipinski definition) is 1. The van der Waals surface area contributed by atoms with Crippen LogP contribution in [0.3, 0.4) is 0 Å². The SMILES string of the molecule is CCC(N)CCN1CCSC(C)C1. The molecule has 1 fully saturated rings. The number of thioether (sulfide) groups is 1. The van der Waals surface area contributed by atoms with Crippen molar-refractivity contribution in [2.75, 3.05) is 25.4 Å². The summed E-state index contributed by atoms with van der Waals surface area (Å²) in [4.78, 5) is 2.55. The highest BCUT2D eigenvalue weighted by atomic mass is 32.2. The lowest BCUT2D eigenvalue weighted by Crippen LogP contribution is -2.39. The molecule has 0 aliphatic carbocycles. The van der Waals surface area contributed by atoms with E-state index in [0.29, 0.717) is 6.04 Å². The fourth-order valence-corrected chi connectivity index (χ4v) is 2.73. The monoisotopic (exact) mass is 202 g/mol. The summed E-state index contributed by atoms with van der Waals surface area (Å²) in [7, 11) is 0. The summed E-state index contributed by atoms with van der Waals surface area (Å²) in [5.74, 6) is 1.29. The minimum Gasteiger partial charge on any atom is -0.328 e. The molecule has 2 unspecified atom stereocenters. The van der Waals surface area contributed by atoms with E-state index < -0.39 is 0 Å². The van der Waals surface area contributed by atoms with Crippen molar-refractivity contribution in [2.45, 2.75) is 38.0 Å². The lowest BCUT2D eigenvalue weighted by Gasteiger charge is -2.31. The summed E-state index contributed by atoms with van der Waals surface area (Å²) >= 11 is 2.09. The Bertz CT molecular complexity index is 141. The topological polar surface area (TPSA) is 29.3 Å². The summed E-state index contributed by atoms with van der Waals surface area (Å²) in [6, 6.07) is 0.407. The maximum atomic E-state index is 5.89. The van der Waals surface area contributed by atoms with Gasteiger partial charge in [0.05, 0.1) is 0 Å². The van der Waals surface area contributed by atoms with E-state index in [0.717, 1.165) is 18.1 Å². The van der Waals surface area contributed by atoms with E-state index in [-0.39, 0.29) is 0 Å². The van der Waals surface area contributed by atoms with Crippen molar-refractivity contribution in [1.29, 1.82) is 0 Å². The van der Waals surface area contributed by atoms with Gasteiger partial charge in [0.2, 0.25) is 0 Å². The van der Waals surface area contributed by atoms with E-state index >= 15 is 0 Å². The molecule has 0 aromatic carbocycles. The molecule has 2 N–H and O–H groups in total. The normalized spacial score (nSPS) is 27.5. The maximum Gasteiger partial charge on any atom is 0.0147 e. The van der Waals surface area contributed by atoms with Crippen LogP contribution in [0.4, 0.5) is 0 Å². The quantitative estimate of drug-likeness (QED) is 0.750. The molecule has 0 aromatic rings. The van der Waals surface area contributed by atoms with Gasteiger partial charge in [0.1, 0.15) is 0 Å². The van der Waals surface area contributed by atoms with Crippen LogP contribution in [-0.4, -0.2) is 41.6 Å². The zero-order chi connectivity index (χ0) is 9.68. The highest BCUT2D eigenvalue weighted by molar-refractivity contribution is 7.99. The van der Waals surface area contributed by atoms with Gasteiger partial charge in [0, 0.05) is 30.1 Å². The number of rotatable bonds is 4. The second kappa shape index (κ2) is 5.89. The first-order valence-corrected chi connectivity index (χ1v) is 6.36. The van der Waals surface area contributed by atoms with Crippen LogP contribution in [0.25, 0.3) is 0 Å². The summed E-state index contributed by atoms with van der Waals surface area (Å²) in [5, 5.41) is 0.812. The number of nitrogens with two attached hydrogens (primary N) is 1. The van der Waals surface area contributed by atoms with Gasteiger partial charge in [-0.05, 0) is 19.4 Å². The Labute approximate surface area is 86.2 Å². The molecule has 3 heteroatoms. The van der Waals surface area contributed by atoms with Gasteiger partial charge in [0.25, 0.3) is 0 Å². The number of hydrogen-bond acceptors (Lipinski definition) is 3.